The second-order valence-corrected chi connectivity index (χ2v) is 8.27. The number of ether oxygens (including phenoxy) is 1. The van der Waals surface area contributed by atoms with Crippen LogP contribution in [-0.2, 0) is 22.7 Å². The van der Waals surface area contributed by atoms with Crippen LogP contribution in [0.25, 0.3) is 0 Å². The Morgan fingerprint density at radius 1 is 0.906 bits per heavy atom. The van der Waals surface area contributed by atoms with Crippen LogP contribution in [0.1, 0.15) is 11.1 Å². The molecular formula is C20H14F6N2O3S. The van der Waals surface area contributed by atoms with Gasteiger partial charge in [0.25, 0.3) is 0 Å². The first-order chi connectivity index (χ1) is 14.9. The molecule has 5 nitrogen and oxygen atoms in total. The lowest BCUT2D eigenvalue weighted by atomic mass is 10.1. The van der Waals surface area contributed by atoms with Gasteiger partial charge in [-0.3, -0.25) is 9.29 Å². The molecule has 3 rings (SSSR count). The van der Waals surface area contributed by atoms with E-state index in [1.807, 2.05) is 0 Å². The summed E-state index contributed by atoms with van der Waals surface area (Å²) >= 11 is 0. The van der Waals surface area contributed by atoms with Gasteiger partial charge in [0, 0.05) is 12.4 Å². The average molecular weight is 476 g/mol. The molecule has 0 saturated heterocycles. The van der Waals surface area contributed by atoms with Gasteiger partial charge in [0.05, 0.1) is 12.2 Å². The molecule has 1 aromatic heterocycles. The number of anilines is 1. The fourth-order valence-electron chi connectivity index (χ4n) is 2.70. The normalized spacial score (nSPS) is 12.4. The second kappa shape index (κ2) is 8.69. The Morgan fingerprint density at radius 2 is 1.59 bits per heavy atom. The molecule has 0 bridgehead atoms. The van der Waals surface area contributed by atoms with Gasteiger partial charge in [0.15, 0.2) is 0 Å². The minimum absolute atomic E-state index is 0.0403. The Balaban J connectivity index is 2.12. The molecule has 12 heteroatoms. The Labute approximate surface area is 178 Å². The first-order valence-electron chi connectivity index (χ1n) is 8.81. The largest absolute Gasteiger partial charge is 0.516 e. The van der Waals surface area contributed by atoms with E-state index in [1.165, 1.54) is 42.6 Å². The molecule has 1 heterocycles. The van der Waals surface area contributed by atoms with Gasteiger partial charge in [-0.25, -0.2) is 0 Å². The summed E-state index contributed by atoms with van der Waals surface area (Å²) in [5, 5.41) is 0. The Kier molecular flexibility index (Phi) is 6.35. The van der Waals surface area contributed by atoms with Crippen molar-refractivity contribution in [2.45, 2.75) is 18.2 Å². The van der Waals surface area contributed by atoms with E-state index in [0.29, 0.717) is 6.07 Å². The molecule has 0 aliphatic carbocycles. The summed E-state index contributed by atoms with van der Waals surface area (Å²) < 4.78 is 110. The van der Waals surface area contributed by atoms with Crippen molar-refractivity contribution in [3.05, 3.63) is 84.2 Å². The molecule has 2 aromatic carbocycles. The smallest absolute Gasteiger partial charge is 0.457 e. The number of sulfonamides is 1. The maximum atomic E-state index is 13.7. The van der Waals surface area contributed by atoms with Crippen LogP contribution in [0.3, 0.4) is 0 Å². The van der Waals surface area contributed by atoms with E-state index in [2.05, 4.69) is 4.98 Å². The van der Waals surface area contributed by atoms with Crippen LogP contribution >= 0.6 is 0 Å². The van der Waals surface area contributed by atoms with Crippen molar-refractivity contribution in [2.75, 3.05) is 4.31 Å². The summed E-state index contributed by atoms with van der Waals surface area (Å²) in [5.41, 5.74) is -7.97. The number of pyridine rings is 1. The lowest BCUT2D eigenvalue weighted by Crippen LogP contribution is -2.40. The predicted molar refractivity (Wildman–Crippen MR) is 103 cm³/mol. The summed E-state index contributed by atoms with van der Waals surface area (Å²) in [6.45, 7) is -0.883. The third kappa shape index (κ3) is 5.13. The number of para-hydroxylation sites is 1. The van der Waals surface area contributed by atoms with Crippen LogP contribution in [0.2, 0.25) is 0 Å². The second-order valence-electron chi connectivity index (χ2n) is 6.41. The molecule has 0 aliphatic rings. The number of benzene rings is 2. The van der Waals surface area contributed by atoms with Crippen LogP contribution in [0.5, 0.6) is 11.5 Å². The number of halogens is 6. The highest BCUT2D eigenvalue weighted by molar-refractivity contribution is 7.93. The lowest BCUT2D eigenvalue weighted by molar-refractivity contribution is -0.138. The van der Waals surface area contributed by atoms with Gasteiger partial charge in [0.2, 0.25) is 0 Å². The number of hydrogen-bond donors (Lipinski definition) is 0. The van der Waals surface area contributed by atoms with Crippen LogP contribution < -0.4 is 9.04 Å². The van der Waals surface area contributed by atoms with Crippen LogP contribution in [0.4, 0.5) is 32.0 Å². The summed E-state index contributed by atoms with van der Waals surface area (Å²) in [4.78, 5) is 3.69. The first-order valence-corrected chi connectivity index (χ1v) is 10.3. The van der Waals surface area contributed by atoms with Crippen molar-refractivity contribution < 1.29 is 39.5 Å². The van der Waals surface area contributed by atoms with Crippen LogP contribution in [0, 0.1) is 0 Å². The molecule has 0 radical (unpaired) electrons. The molecule has 0 atom stereocenters. The van der Waals surface area contributed by atoms with E-state index in [1.54, 1.807) is 6.07 Å². The number of nitrogens with zero attached hydrogens (tertiary/aromatic N) is 2. The zero-order valence-electron chi connectivity index (χ0n) is 15.9. The molecule has 0 N–H and O–H groups in total. The quantitative estimate of drug-likeness (QED) is 0.425. The van der Waals surface area contributed by atoms with Gasteiger partial charge in [0.1, 0.15) is 17.1 Å². The zero-order chi connectivity index (χ0) is 23.6. The van der Waals surface area contributed by atoms with Crippen molar-refractivity contribution in [2.24, 2.45) is 0 Å². The number of hydrogen-bond acceptors (Lipinski definition) is 4. The summed E-state index contributed by atoms with van der Waals surface area (Å²) in [6.07, 6.45) is -2.62. The minimum Gasteiger partial charge on any atom is -0.457 e. The molecule has 0 fully saturated rings. The molecule has 0 spiro atoms. The average Bonchev–Trinajstić information content (AvgIpc) is 2.72. The van der Waals surface area contributed by atoms with Gasteiger partial charge in [-0.1, -0.05) is 24.3 Å². The SMILES string of the molecule is O=S(=O)(N(Cc1cccnc1)c1ccc(Oc2ccccc2)c(C(F)(F)F)c1)C(F)(F)F. The van der Waals surface area contributed by atoms with E-state index in [-0.39, 0.29) is 15.6 Å². The van der Waals surface area contributed by atoms with E-state index in [0.717, 1.165) is 18.3 Å². The standard InChI is InChI=1S/C20H14F6N2O3S/c21-19(22,23)17-11-15(8-9-18(17)31-16-6-2-1-3-7-16)28(32(29,30)20(24,25)26)13-14-5-4-10-27-12-14/h1-12H,13H2. The third-order valence-corrected chi connectivity index (χ3v) is 5.66. The van der Waals surface area contributed by atoms with Gasteiger partial charge in [-0.15, -0.1) is 0 Å². The maximum absolute atomic E-state index is 13.7. The Hall–Kier alpha value is -3.28. The van der Waals surface area contributed by atoms with Crippen molar-refractivity contribution in [3.63, 3.8) is 0 Å². The lowest BCUT2D eigenvalue weighted by Gasteiger charge is -2.26. The maximum Gasteiger partial charge on any atom is 0.516 e. The fraction of sp³-hybridized carbons (Fsp3) is 0.150. The van der Waals surface area contributed by atoms with E-state index < -0.39 is 45.3 Å². The van der Waals surface area contributed by atoms with Crippen LogP contribution in [0.15, 0.2) is 73.1 Å². The number of rotatable bonds is 6. The topological polar surface area (TPSA) is 59.5 Å². The zero-order valence-corrected chi connectivity index (χ0v) is 16.7. The highest BCUT2D eigenvalue weighted by Crippen LogP contribution is 2.42. The Bertz CT molecular complexity index is 1170. The summed E-state index contributed by atoms with van der Waals surface area (Å²) in [6, 6.07) is 11.9. The molecule has 3 aromatic rings. The van der Waals surface area contributed by atoms with Gasteiger partial charge in [-0.05, 0) is 42.0 Å². The summed E-state index contributed by atoms with van der Waals surface area (Å²) in [7, 11) is -6.03. The molecule has 170 valence electrons. The van der Waals surface area contributed by atoms with Crippen LogP contribution in [-0.4, -0.2) is 18.9 Å². The molecule has 32 heavy (non-hydrogen) atoms. The van der Waals surface area contributed by atoms with E-state index >= 15 is 0 Å². The van der Waals surface area contributed by atoms with Crippen molar-refractivity contribution in [1.29, 1.82) is 0 Å². The highest BCUT2D eigenvalue weighted by Gasteiger charge is 2.50. The predicted octanol–water partition coefficient (Wildman–Crippen LogP) is 5.75. The first kappa shape index (κ1) is 23.4. The van der Waals surface area contributed by atoms with Crippen molar-refractivity contribution in [3.8, 4) is 11.5 Å². The highest BCUT2D eigenvalue weighted by atomic mass is 32.2. The monoisotopic (exact) mass is 476 g/mol. The van der Waals surface area contributed by atoms with Gasteiger partial charge >= 0.3 is 21.7 Å². The van der Waals surface area contributed by atoms with E-state index in [9.17, 15) is 34.8 Å². The molecule has 0 unspecified atom stereocenters. The van der Waals surface area contributed by atoms with Gasteiger partial charge in [-0.2, -0.15) is 34.8 Å². The fourth-order valence-corrected chi connectivity index (χ4v) is 3.66. The van der Waals surface area contributed by atoms with Crippen molar-refractivity contribution >= 4 is 15.7 Å². The molecule has 0 aliphatic heterocycles. The summed E-state index contributed by atoms with van der Waals surface area (Å²) in [5.74, 6) is -0.640. The molecule has 0 amide bonds. The number of alkyl halides is 6. The molecule has 0 saturated carbocycles. The number of aromatic nitrogens is 1. The Morgan fingerprint density at radius 3 is 2.16 bits per heavy atom. The van der Waals surface area contributed by atoms with Crippen molar-refractivity contribution in [1.82, 2.24) is 4.98 Å². The van der Waals surface area contributed by atoms with E-state index in [4.69, 9.17) is 4.74 Å². The minimum atomic E-state index is -6.03. The third-order valence-electron chi connectivity index (χ3n) is 4.16. The van der Waals surface area contributed by atoms with Gasteiger partial charge < -0.3 is 4.74 Å². The molecular weight excluding hydrogens is 462 g/mol.